The van der Waals surface area contributed by atoms with E-state index in [-0.39, 0.29) is 17.3 Å². The van der Waals surface area contributed by atoms with Crippen LogP contribution in [0.2, 0.25) is 0 Å². The number of hydrogen-bond acceptors (Lipinski definition) is 5. The monoisotopic (exact) mass is 246 g/mol. The number of benzene rings is 1. The first-order chi connectivity index (χ1) is 7.43. The van der Waals surface area contributed by atoms with Crippen LogP contribution < -0.4 is 9.47 Å². The molecular formula is C10H14O5S. The number of methoxy groups -OCH3 is 2. The normalized spacial score (nSPS) is 11.2. The highest BCUT2D eigenvalue weighted by molar-refractivity contribution is 7.90. The molecule has 0 radical (unpaired) electrons. The van der Waals surface area contributed by atoms with Crippen molar-refractivity contribution in [1.82, 2.24) is 0 Å². The van der Waals surface area contributed by atoms with Gasteiger partial charge < -0.3 is 14.6 Å². The molecule has 16 heavy (non-hydrogen) atoms. The predicted molar refractivity (Wildman–Crippen MR) is 58.6 cm³/mol. The average Bonchev–Trinajstić information content (AvgIpc) is 2.25. The summed E-state index contributed by atoms with van der Waals surface area (Å²) in [6, 6.07) is 2.90. The molecule has 0 amide bonds. The van der Waals surface area contributed by atoms with Crippen LogP contribution in [-0.4, -0.2) is 34.0 Å². The molecular weight excluding hydrogens is 232 g/mol. The van der Waals surface area contributed by atoms with Crippen LogP contribution in [0.5, 0.6) is 11.5 Å². The fourth-order valence-corrected chi connectivity index (χ4v) is 2.26. The van der Waals surface area contributed by atoms with Crippen LogP contribution >= 0.6 is 0 Å². The Bertz CT molecular complexity index is 478. The van der Waals surface area contributed by atoms with Crippen molar-refractivity contribution >= 4 is 9.84 Å². The van der Waals surface area contributed by atoms with E-state index in [4.69, 9.17) is 14.6 Å². The molecule has 0 saturated carbocycles. The fraction of sp³-hybridized carbons (Fsp3) is 0.400. The van der Waals surface area contributed by atoms with Gasteiger partial charge in [-0.2, -0.15) is 0 Å². The third-order valence-electron chi connectivity index (χ3n) is 2.11. The first-order valence-corrected chi connectivity index (χ1v) is 6.39. The summed E-state index contributed by atoms with van der Waals surface area (Å²) in [4.78, 5) is 0.0124. The average molecular weight is 246 g/mol. The Morgan fingerprint density at radius 3 is 2.25 bits per heavy atom. The van der Waals surface area contributed by atoms with Gasteiger partial charge in [-0.3, -0.25) is 0 Å². The lowest BCUT2D eigenvalue weighted by molar-refractivity contribution is 0.271. The van der Waals surface area contributed by atoms with Crippen LogP contribution in [0.4, 0.5) is 0 Å². The highest BCUT2D eigenvalue weighted by Gasteiger charge is 2.19. The molecule has 0 bridgehead atoms. The van der Waals surface area contributed by atoms with Crippen molar-refractivity contribution in [2.45, 2.75) is 11.5 Å². The fourth-order valence-electron chi connectivity index (χ4n) is 1.37. The summed E-state index contributed by atoms with van der Waals surface area (Å²) >= 11 is 0. The Morgan fingerprint density at radius 1 is 1.25 bits per heavy atom. The summed E-state index contributed by atoms with van der Waals surface area (Å²) in [6.07, 6.45) is 1.07. The Balaban J connectivity index is 3.56. The molecule has 5 nitrogen and oxygen atoms in total. The summed E-state index contributed by atoms with van der Waals surface area (Å²) in [5, 5.41) is 9.13. The number of rotatable bonds is 4. The van der Waals surface area contributed by atoms with Gasteiger partial charge in [0.1, 0.15) is 16.4 Å². The van der Waals surface area contributed by atoms with Gasteiger partial charge >= 0.3 is 0 Å². The zero-order chi connectivity index (χ0) is 12.3. The van der Waals surface area contributed by atoms with E-state index in [0.717, 1.165) is 6.26 Å². The van der Waals surface area contributed by atoms with Crippen LogP contribution in [-0.2, 0) is 16.4 Å². The molecule has 0 fully saturated rings. The molecule has 1 rings (SSSR count). The van der Waals surface area contributed by atoms with Gasteiger partial charge in [0.15, 0.2) is 9.84 Å². The minimum absolute atomic E-state index is 0.0124. The van der Waals surface area contributed by atoms with Crippen molar-refractivity contribution in [3.05, 3.63) is 17.7 Å². The molecule has 1 N–H and O–H groups in total. The summed E-state index contributed by atoms with van der Waals surface area (Å²) in [7, 11) is -0.644. The van der Waals surface area contributed by atoms with Crippen LogP contribution in [0.3, 0.4) is 0 Å². The molecule has 1 aromatic rings. The minimum atomic E-state index is -3.43. The lowest BCUT2D eigenvalue weighted by Crippen LogP contribution is -2.04. The number of aliphatic hydroxyl groups excluding tert-OH is 1. The molecule has 1 aromatic carbocycles. The Morgan fingerprint density at radius 2 is 1.88 bits per heavy atom. The van der Waals surface area contributed by atoms with Gasteiger partial charge in [-0.1, -0.05) is 0 Å². The van der Waals surface area contributed by atoms with E-state index in [0.29, 0.717) is 11.3 Å². The van der Waals surface area contributed by atoms with Crippen LogP contribution in [0.15, 0.2) is 17.0 Å². The second-order valence-corrected chi connectivity index (χ2v) is 5.23. The molecule has 0 spiro atoms. The quantitative estimate of drug-likeness (QED) is 0.842. The van der Waals surface area contributed by atoms with E-state index >= 15 is 0 Å². The Hall–Kier alpha value is -1.27. The first-order valence-electron chi connectivity index (χ1n) is 4.49. The molecule has 6 heteroatoms. The van der Waals surface area contributed by atoms with E-state index in [9.17, 15) is 8.42 Å². The highest BCUT2D eigenvalue weighted by atomic mass is 32.2. The van der Waals surface area contributed by atoms with Gasteiger partial charge in [0, 0.05) is 17.9 Å². The SMILES string of the molecule is COc1cc(CO)c(OC)c(S(C)(=O)=O)c1. The molecule has 0 aromatic heterocycles. The third-order valence-corrected chi connectivity index (χ3v) is 3.22. The summed E-state index contributed by atoms with van der Waals surface area (Å²) in [6.45, 7) is -0.317. The van der Waals surface area contributed by atoms with Gasteiger partial charge in [-0.25, -0.2) is 8.42 Å². The van der Waals surface area contributed by atoms with E-state index in [1.54, 1.807) is 0 Å². The highest BCUT2D eigenvalue weighted by Crippen LogP contribution is 2.32. The largest absolute Gasteiger partial charge is 0.497 e. The van der Waals surface area contributed by atoms with Crippen molar-refractivity contribution in [3.8, 4) is 11.5 Å². The van der Waals surface area contributed by atoms with E-state index in [1.807, 2.05) is 0 Å². The van der Waals surface area contributed by atoms with Crippen molar-refractivity contribution in [3.63, 3.8) is 0 Å². The van der Waals surface area contributed by atoms with E-state index < -0.39 is 9.84 Å². The predicted octanol–water partition coefficient (Wildman–Crippen LogP) is 0.600. The maximum atomic E-state index is 11.5. The summed E-state index contributed by atoms with van der Waals surface area (Å²) in [5.74, 6) is 0.524. The second kappa shape index (κ2) is 4.71. The standard InChI is InChI=1S/C10H14O5S/c1-14-8-4-7(6-11)10(15-2)9(5-8)16(3,12)13/h4-5,11H,6H2,1-3H3. The smallest absolute Gasteiger partial charge is 0.179 e. The van der Waals surface area contributed by atoms with E-state index in [1.165, 1.54) is 26.4 Å². The van der Waals surface area contributed by atoms with Gasteiger partial charge in [-0.05, 0) is 6.07 Å². The molecule has 0 saturated heterocycles. The Labute approximate surface area is 94.5 Å². The lowest BCUT2D eigenvalue weighted by atomic mass is 10.2. The third kappa shape index (κ3) is 2.45. The molecule has 0 unspecified atom stereocenters. The summed E-state index contributed by atoms with van der Waals surface area (Å²) in [5.41, 5.74) is 0.377. The minimum Gasteiger partial charge on any atom is -0.497 e. The molecule has 90 valence electrons. The molecule has 0 aliphatic heterocycles. The second-order valence-electron chi connectivity index (χ2n) is 3.25. The summed E-state index contributed by atoms with van der Waals surface area (Å²) < 4.78 is 33.0. The van der Waals surface area contributed by atoms with Crippen molar-refractivity contribution in [1.29, 1.82) is 0 Å². The zero-order valence-corrected chi connectivity index (χ0v) is 10.2. The van der Waals surface area contributed by atoms with Crippen LogP contribution in [0, 0.1) is 0 Å². The lowest BCUT2D eigenvalue weighted by Gasteiger charge is -2.13. The van der Waals surface area contributed by atoms with Crippen LogP contribution in [0.1, 0.15) is 5.56 Å². The maximum Gasteiger partial charge on any atom is 0.179 e. The van der Waals surface area contributed by atoms with Gasteiger partial charge in [0.25, 0.3) is 0 Å². The van der Waals surface area contributed by atoms with Crippen molar-refractivity contribution in [2.24, 2.45) is 0 Å². The molecule has 0 heterocycles. The van der Waals surface area contributed by atoms with Gasteiger partial charge in [-0.15, -0.1) is 0 Å². The maximum absolute atomic E-state index is 11.5. The number of aliphatic hydroxyl groups is 1. The number of sulfone groups is 1. The molecule has 0 atom stereocenters. The number of ether oxygens (including phenoxy) is 2. The van der Waals surface area contributed by atoms with E-state index in [2.05, 4.69) is 0 Å². The molecule has 0 aliphatic carbocycles. The Kier molecular flexibility index (Phi) is 3.77. The number of hydrogen-bond donors (Lipinski definition) is 1. The first kappa shape index (κ1) is 12.8. The topological polar surface area (TPSA) is 72.8 Å². The zero-order valence-electron chi connectivity index (χ0n) is 9.35. The molecule has 0 aliphatic rings. The van der Waals surface area contributed by atoms with Gasteiger partial charge in [0.05, 0.1) is 20.8 Å². The van der Waals surface area contributed by atoms with Gasteiger partial charge in [0.2, 0.25) is 0 Å². The van der Waals surface area contributed by atoms with Crippen molar-refractivity contribution < 1.29 is 23.0 Å². The van der Waals surface area contributed by atoms with Crippen LogP contribution in [0.25, 0.3) is 0 Å². The van der Waals surface area contributed by atoms with Crippen molar-refractivity contribution in [2.75, 3.05) is 20.5 Å².